The summed E-state index contributed by atoms with van der Waals surface area (Å²) >= 11 is 0. The summed E-state index contributed by atoms with van der Waals surface area (Å²) in [4.78, 5) is 11.8. The van der Waals surface area contributed by atoms with Crippen molar-refractivity contribution < 1.29 is 9.53 Å². The Morgan fingerprint density at radius 2 is 2.15 bits per heavy atom. The van der Waals surface area contributed by atoms with Crippen molar-refractivity contribution in [2.45, 2.75) is 44.7 Å². The fourth-order valence-corrected chi connectivity index (χ4v) is 2.28. The van der Waals surface area contributed by atoms with Gasteiger partial charge in [-0.2, -0.15) is 0 Å². The quantitative estimate of drug-likeness (QED) is 0.762. The van der Waals surface area contributed by atoms with E-state index in [4.69, 9.17) is 4.74 Å². The third-order valence-corrected chi connectivity index (χ3v) is 3.49. The van der Waals surface area contributed by atoms with Gasteiger partial charge in [-0.05, 0) is 37.8 Å². The smallest absolute Gasteiger partial charge is 0.221 e. The molecule has 1 saturated carbocycles. The fraction of sp³-hybridized carbons (Fsp3) is 0.562. The Labute approximate surface area is 120 Å². The zero-order valence-electron chi connectivity index (χ0n) is 12.3. The van der Waals surface area contributed by atoms with Gasteiger partial charge in [0.15, 0.2) is 0 Å². The minimum absolute atomic E-state index is 0.111. The van der Waals surface area contributed by atoms with Crippen molar-refractivity contribution in [3.05, 3.63) is 29.8 Å². The number of carbonyl (C=O) groups is 1. The summed E-state index contributed by atoms with van der Waals surface area (Å²) < 4.78 is 5.33. The second kappa shape index (κ2) is 7.29. The van der Waals surface area contributed by atoms with E-state index in [2.05, 4.69) is 10.6 Å². The van der Waals surface area contributed by atoms with E-state index in [0.717, 1.165) is 24.3 Å². The fourth-order valence-electron chi connectivity index (χ4n) is 2.28. The molecule has 4 nitrogen and oxygen atoms in total. The van der Waals surface area contributed by atoms with E-state index in [9.17, 15) is 4.79 Å². The van der Waals surface area contributed by atoms with Crippen LogP contribution in [0.3, 0.4) is 0 Å². The number of hydrogen-bond acceptors (Lipinski definition) is 3. The molecule has 1 aliphatic carbocycles. The number of rotatable bonds is 8. The van der Waals surface area contributed by atoms with Crippen LogP contribution in [-0.4, -0.2) is 31.6 Å². The van der Waals surface area contributed by atoms with Crippen molar-refractivity contribution in [3.63, 3.8) is 0 Å². The van der Waals surface area contributed by atoms with E-state index < -0.39 is 0 Å². The van der Waals surface area contributed by atoms with Crippen molar-refractivity contribution in [3.8, 4) is 5.75 Å². The number of para-hydroxylation sites is 1. The summed E-state index contributed by atoms with van der Waals surface area (Å²) in [5.41, 5.74) is 1.12. The van der Waals surface area contributed by atoms with Crippen LogP contribution >= 0.6 is 0 Å². The van der Waals surface area contributed by atoms with Gasteiger partial charge >= 0.3 is 0 Å². The van der Waals surface area contributed by atoms with Gasteiger partial charge in [0.1, 0.15) is 5.75 Å². The van der Waals surface area contributed by atoms with Gasteiger partial charge in [-0.25, -0.2) is 0 Å². The van der Waals surface area contributed by atoms with Crippen molar-refractivity contribution in [2.75, 3.05) is 13.7 Å². The van der Waals surface area contributed by atoms with Crippen LogP contribution < -0.4 is 15.4 Å². The topological polar surface area (TPSA) is 50.4 Å². The Morgan fingerprint density at radius 1 is 1.40 bits per heavy atom. The van der Waals surface area contributed by atoms with E-state index in [1.54, 1.807) is 7.11 Å². The van der Waals surface area contributed by atoms with Gasteiger partial charge in [-0.1, -0.05) is 18.2 Å². The monoisotopic (exact) mass is 276 g/mol. The predicted octanol–water partition coefficient (Wildman–Crippen LogP) is 1.88. The Hall–Kier alpha value is -1.55. The molecule has 1 aliphatic rings. The normalized spacial score (nSPS) is 15.7. The van der Waals surface area contributed by atoms with E-state index in [1.807, 2.05) is 31.2 Å². The maximum absolute atomic E-state index is 11.8. The molecule has 0 saturated heterocycles. The lowest BCUT2D eigenvalue weighted by atomic mass is 10.1. The molecule has 4 heteroatoms. The van der Waals surface area contributed by atoms with E-state index in [-0.39, 0.29) is 11.9 Å². The molecule has 0 bridgehead atoms. The number of amides is 1. The van der Waals surface area contributed by atoms with Crippen LogP contribution in [0.2, 0.25) is 0 Å². The standard InChI is InChI=1S/C16H24N2O2/c1-12(11-13-5-3-4-6-15(13)20-2)18-16(19)9-10-17-14-7-8-14/h3-6,12,14,17H,7-11H2,1-2H3,(H,18,19). The van der Waals surface area contributed by atoms with Crippen molar-refractivity contribution in [1.82, 2.24) is 10.6 Å². The number of carbonyl (C=O) groups excluding carboxylic acids is 1. The number of methoxy groups -OCH3 is 1. The molecule has 0 spiro atoms. The molecule has 0 radical (unpaired) electrons. The highest BCUT2D eigenvalue weighted by atomic mass is 16.5. The minimum Gasteiger partial charge on any atom is -0.496 e. The molecule has 2 N–H and O–H groups in total. The molecule has 1 fully saturated rings. The lowest BCUT2D eigenvalue weighted by Crippen LogP contribution is -2.36. The molecule has 1 unspecified atom stereocenters. The molecule has 2 rings (SSSR count). The van der Waals surface area contributed by atoms with Crippen LogP contribution in [0.1, 0.15) is 31.7 Å². The highest BCUT2D eigenvalue weighted by Crippen LogP contribution is 2.19. The molecule has 1 aromatic rings. The highest BCUT2D eigenvalue weighted by Gasteiger charge is 2.20. The van der Waals surface area contributed by atoms with Crippen molar-refractivity contribution in [2.24, 2.45) is 0 Å². The minimum atomic E-state index is 0.111. The van der Waals surface area contributed by atoms with Gasteiger partial charge in [0.2, 0.25) is 5.91 Å². The van der Waals surface area contributed by atoms with Gasteiger partial charge in [0, 0.05) is 25.0 Å². The largest absolute Gasteiger partial charge is 0.496 e. The predicted molar refractivity (Wildman–Crippen MR) is 79.9 cm³/mol. The van der Waals surface area contributed by atoms with Gasteiger partial charge in [-0.3, -0.25) is 4.79 Å². The summed E-state index contributed by atoms with van der Waals surface area (Å²) in [6, 6.07) is 8.70. The van der Waals surface area contributed by atoms with Gasteiger partial charge in [0.25, 0.3) is 0 Å². The molecule has 1 amide bonds. The molecule has 1 aromatic carbocycles. The Morgan fingerprint density at radius 3 is 2.85 bits per heavy atom. The van der Waals surface area contributed by atoms with Crippen LogP contribution in [-0.2, 0) is 11.2 Å². The summed E-state index contributed by atoms with van der Waals surface area (Å²) in [5, 5.41) is 6.39. The Bertz CT molecular complexity index is 444. The van der Waals surface area contributed by atoms with Crippen molar-refractivity contribution in [1.29, 1.82) is 0 Å². The summed E-state index contributed by atoms with van der Waals surface area (Å²) in [6.45, 7) is 2.80. The maximum Gasteiger partial charge on any atom is 0.221 e. The van der Waals surface area contributed by atoms with Crippen LogP contribution in [0.15, 0.2) is 24.3 Å². The molecule has 0 heterocycles. The van der Waals surface area contributed by atoms with Gasteiger partial charge < -0.3 is 15.4 Å². The third-order valence-electron chi connectivity index (χ3n) is 3.49. The zero-order valence-corrected chi connectivity index (χ0v) is 12.3. The average Bonchev–Trinajstić information content (AvgIpc) is 3.23. The third kappa shape index (κ3) is 4.85. The SMILES string of the molecule is COc1ccccc1CC(C)NC(=O)CCNC1CC1. The van der Waals surface area contributed by atoms with E-state index >= 15 is 0 Å². The van der Waals surface area contributed by atoms with Crippen LogP contribution in [0, 0.1) is 0 Å². The molecule has 20 heavy (non-hydrogen) atoms. The first-order valence-electron chi connectivity index (χ1n) is 7.33. The molecule has 0 aliphatic heterocycles. The Kier molecular flexibility index (Phi) is 5.41. The summed E-state index contributed by atoms with van der Waals surface area (Å²) in [7, 11) is 1.67. The number of hydrogen-bond donors (Lipinski definition) is 2. The molecular weight excluding hydrogens is 252 g/mol. The zero-order chi connectivity index (χ0) is 14.4. The van der Waals surface area contributed by atoms with Crippen LogP contribution in [0.5, 0.6) is 5.75 Å². The van der Waals surface area contributed by atoms with Gasteiger partial charge in [-0.15, -0.1) is 0 Å². The maximum atomic E-state index is 11.8. The van der Waals surface area contributed by atoms with Crippen LogP contribution in [0.25, 0.3) is 0 Å². The Balaban J connectivity index is 1.72. The number of ether oxygens (including phenoxy) is 1. The van der Waals surface area contributed by atoms with Crippen molar-refractivity contribution >= 4 is 5.91 Å². The summed E-state index contributed by atoms with van der Waals surface area (Å²) in [5.74, 6) is 0.990. The number of benzene rings is 1. The summed E-state index contributed by atoms with van der Waals surface area (Å²) in [6.07, 6.45) is 3.84. The first-order valence-corrected chi connectivity index (χ1v) is 7.33. The lowest BCUT2D eigenvalue weighted by molar-refractivity contribution is -0.121. The second-order valence-electron chi connectivity index (χ2n) is 5.46. The molecular formula is C16H24N2O2. The van der Waals surface area contributed by atoms with E-state index in [1.165, 1.54) is 12.8 Å². The highest BCUT2D eigenvalue weighted by molar-refractivity contribution is 5.76. The molecule has 1 atom stereocenters. The average molecular weight is 276 g/mol. The van der Waals surface area contributed by atoms with E-state index in [0.29, 0.717) is 12.5 Å². The molecule has 0 aromatic heterocycles. The second-order valence-corrected chi connectivity index (χ2v) is 5.46. The molecule has 110 valence electrons. The lowest BCUT2D eigenvalue weighted by Gasteiger charge is -2.16. The first-order chi connectivity index (χ1) is 9.69. The van der Waals surface area contributed by atoms with Gasteiger partial charge in [0.05, 0.1) is 7.11 Å². The van der Waals surface area contributed by atoms with Crippen LogP contribution in [0.4, 0.5) is 0 Å². The first kappa shape index (κ1) is 14.9. The number of nitrogens with one attached hydrogen (secondary N) is 2.